The summed E-state index contributed by atoms with van der Waals surface area (Å²) in [5.74, 6) is -0.779. The zero-order valence-electron chi connectivity index (χ0n) is 16.5. The standard InChI is InChI=1S/C24H16N2O6/c27-21-11-5-17(13-31-21)23(29)25-19-7-1-15(2-8-19)16-3-9-20(10-4-16)26-24(30)18-6-12-22(28)32-14-18/h1-14H,(H,25,29)(H,26,30). The fraction of sp³-hybridized carbons (Fsp3) is 0. The third-order valence-corrected chi connectivity index (χ3v) is 4.55. The molecule has 8 nitrogen and oxygen atoms in total. The molecule has 0 bridgehead atoms. The molecular formula is C24H16N2O6. The van der Waals surface area contributed by atoms with Gasteiger partial charge >= 0.3 is 11.3 Å². The van der Waals surface area contributed by atoms with E-state index in [-0.39, 0.29) is 22.9 Å². The first kappa shape index (κ1) is 20.5. The molecule has 0 aliphatic heterocycles. The van der Waals surface area contributed by atoms with Crippen molar-refractivity contribution in [2.45, 2.75) is 0 Å². The van der Waals surface area contributed by atoms with Crippen LogP contribution in [-0.2, 0) is 0 Å². The summed E-state index contributed by atoms with van der Waals surface area (Å²) in [6.45, 7) is 0. The minimum absolute atomic E-state index is 0.240. The predicted molar refractivity (Wildman–Crippen MR) is 118 cm³/mol. The van der Waals surface area contributed by atoms with Crippen LogP contribution in [0.4, 0.5) is 11.4 Å². The van der Waals surface area contributed by atoms with Crippen LogP contribution in [0.25, 0.3) is 11.1 Å². The first-order chi connectivity index (χ1) is 15.5. The van der Waals surface area contributed by atoms with E-state index >= 15 is 0 Å². The molecule has 0 fully saturated rings. The second-order valence-corrected chi connectivity index (χ2v) is 6.75. The van der Waals surface area contributed by atoms with Crippen molar-refractivity contribution in [2.75, 3.05) is 10.6 Å². The van der Waals surface area contributed by atoms with E-state index in [4.69, 9.17) is 8.83 Å². The molecule has 0 spiro atoms. The lowest BCUT2D eigenvalue weighted by Gasteiger charge is -2.08. The Morgan fingerprint density at radius 2 is 0.906 bits per heavy atom. The summed E-state index contributed by atoms with van der Waals surface area (Å²) in [5, 5.41) is 5.46. The van der Waals surface area contributed by atoms with Crippen molar-refractivity contribution in [3.63, 3.8) is 0 Å². The van der Waals surface area contributed by atoms with Crippen LogP contribution in [-0.4, -0.2) is 11.8 Å². The SMILES string of the molecule is O=C(Nc1ccc(-c2ccc(NC(=O)c3ccc(=O)oc3)cc2)cc1)c1ccc(=O)oc1. The van der Waals surface area contributed by atoms with Crippen LogP contribution < -0.4 is 21.9 Å². The van der Waals surface area contributed by atoms with Crippen LogP contribution in [0.1, 0.15) is 20.7 Å². The van der Waals surface area contributed by atoms with Crippen molar-refractivity contribution < 1.29 is 18.4 Å². The Morgan fingerprint density at radius 1 is 0.531 bits per heavy atom. The zero-order chi connectivity index (χ0) is 22.5. The van der Waals surface area contributed by atoms with Crippen molar-refractivity contribution >= 4 is 23.2 Å². The molecule has 0 aliphatic carbocycles. The van der Waals surface area contributed by atoms with Crippen LogP contribution in [0.15, 0.2) is 104 Å². The number of carbonyl (C=O) groups is 2. The predicted octanol–water partition coefficient (Wildman–Crippen LogP) is 3.76. The molecule has 4 rings (SSSR count). The first-order valence-corrected chi connectivity index (χ1v) is 9.49. The van der Waals surface area contributed by atoms with Gasteiger partial charge in [-0.2, -0.15) is 0 Å². The number of anilines is 2. The van der Waals surface area contributed by atoms with E-state index in [2.05, 4.69) is 10.6 Å². The van der Waals surface area contributed by atoms with Crippen molar-refractivity contribution in [1.29, 1.82) is 0 Å². The molecule has 2 aromatic carbocycles. The molecule has 32 heavy (non-hydrogen) atoms. The second kappa shape index (κ2) is 8.97. The molecule has 2 heterocycles. The van der Waals surface area contributed by atoms with Crippen LogP contribution in [0.5, 0.6) is 0 Å². The maximum Gasteiger partial charge on any atom is 0.335 e. The molecule has 0 radical (unpaired) electrons. The Morgan fingerprint density at radius 3 is 1.22 bits per heavy atom. The lowest BCUT2D eigenvalue weighted by atomic mass is 10.0. The quantitative estimate of drug-likeness (QED) is 0.500. The molecule has 4 aromatic rings. The summed E-state index contributed by atoms with van der Waals surface area (Å²) < 4.78 is 9.40. The summed E-state index contributed by atoms with van der Waals surface area (Å²) in [6.07, 6.45) is 2.22. The Hall–Kier alpha value is -4.72. The van der Waals surface area contributed by atoms with E-state index in [0.29, 0.717) is 11.4 Å². The van der Waals surface area contributed by atoms with Gasteiger partial charge in [0.1, 0.15) is 12.5 Å². The Kier molecular flexibility index (Phi) is 5.76. The maximum atomic E-state index is 12.2. The van der Waals surface area contributed by atoms with Gasteiger partial charge in [-0.05, 0) is 47.5 Å². The summed E-state index contributed by atoms with van der Waals surface area (Å²) in [5.41, 5.74) is 2.43. The van der Waals surface area contributed by atoms with E-state index in [9.17, 15) is 19.2 Å². The summed E-state index contributed by atoms with van der Waals surface area (Å²) in [6, 6.07) is 19.6. The molecule has 8 heteroatoms. The molecule has 158 valence electrons. The highest BCUT2D eigenvalue weighted by Gasteiger charge is 2.09. The summed E-state index contributed by atoms with van der Waals surface area (Å²) in [4.78, 5) is 46.4. The number of rotatable bonds is 5. The number of amides is 2. The smallest absolute Gasteiger partial charge is 0.335 e. The van der Waals surface area contributed by atoms with Crippen molar-refractivity contribution in [1.82, 2.24) is 0 Å². The van der Waals surface area contributed by atoms with Crippen molar-refractivity contribution in [3.05, 3.63) is 117 Å². The lowest BCUT2D eigenvalue weighted by Crippen LogP contribution is -2.13. The van der Waals surface area contributed by atoms with Gasteiger partial charge in [0, 0.05) is 23.5 Å². The third kappa shape index (κ3) is 4.88. The molecular weight excluding hydrogens is 412 g/mol. The molecule has 2 N–H and O–H groups in total. The maximum absolute atomic E-state index is 12.2. The average Bonchev–Trinajstić information content (AvgIpc) is 2.81. The molecule has 2 aromatic heterocycles. The molecule has 0 aliphatic rings. The highest BCUT2D eigenvalue weighted by Crippen LogP contribution is 2.23. The topological polar surface area (TPSA) is 119 Å². The van der Waals surface area contributed by atoms with Crippen LogP contribution >= 0.6 is 0 Å². The highest BCUT2D eigenvalue weighted by atomic mass is 16.4. The van der Waals surface area contributed by atoms with E-state index < -0.39 is 11.3 Å². The fourth-order valence-corrected chi connectivity index (χ4v) is 2.87. The van der Waals surface area contributed by atoms with Gasteiger partial charge in [-0.1, -0.05) is 24.3 Å². The molecule has 0 saturated carbocycles. The molecule has 0 atom stereocenters. The van der Waals surface area contributed by atoms with Gasteiger partial charge < -0.3 is 19.5 Å². The van der Waals surface area contributed by atoms with E-state index in [1.165, 1.54) is 24.3 Å². The van der Waals surface area contributed by atoms with Crippen LogP contribution in [0.3, 0.4) is 0 Å². The second-order valence-electron chi connectivity index (χ2n) is 6.75. The summed E-state index contributed by atoms with van der Waals surface area (Å²) >= 11 is 0. The third-order valence-electron chi connectivity index (χ3n) is 4.55. The number of nitrogens with one attached hydrogen (secondary N) is 2. The van der Waals surface area contributed by atoms with Crippen molar-refractivity contribution in [2.24, 2.45) is 0 Å². The number of carbonyl (C=O) groups excluding carboxylic acids is 2. The van der Waals surface area contributed by atoms with Crippen LogP contribution in [0.2, 0.25) is 0 Å². The van der Waals surface area contributed by atoms with E-state index in [1.54, 1.807) is 24.3 Å². The Labute approximate surface area is 181 Å². The fourth-order valence-electron chi connectivity index (χ4n) is 2.87. The zero-order valence-corrected chi connectivity index (χ0v) is 16.5. The van der Waals surface area contributed by atoms with E-state index in [0.717, 1.165) is 23.7 Å². The van der Waals surface area contributed by atoms with Gasteiger partial charge in [-0.3, -0.25) is 9.59 Å². The van der Waals surface area contributed by atoms with E-state index in [1.807, 2.05) is 24.3 Å². The molecule has 2 amide bonds. The minimum Gasteiger partial charge on any atom is -0.430 e. The van der Waals surface area contributed by atoms with Gasteiger partial charge in [0.2, 0.25) is 0 Å². The number of hydrogen-bond acceptors (Lipinski definition) is 6. The largest absolute Gasteiger partial charge is 0.430 e. The van der Waals surface area contributed by atoms with Crippen LogP contribution in [0, 0.1) is 0 Å². The number of benzene rings is 2. The first-order valence-electron chi connectivity index (χ1n) is 9.49. The van der Waals surface area contributed by atoms with Gasteiger partial charge in [-0.15, -0.1) is 0 Å². The Bertz CT molecular complexity index is 1240. The summed E-state index contributed by atoms with van der Waals surface area (Å²) in [7, 11) is 0. The highest BCUT2D eigenvalue weighted by molar-refractivity contribution is 6.04. The Balaban J connectivity index is 1.40. The number of hydrogen-bond donors (Lipinski definition) is 2. The minimum atomic E-state index is -0.523. The van der Waals surface area contributed by atoms with Gasteiger partial charge in [0.25, 0.3) is 11.8 Å². The van der Waals surface area contributed by atoms with Gasteiger partial charge in [0.05, 0.1) is 11.1 Å². The average molecular weight is 428 g/mol. The normalized spacial score (nSPS) is 10.4. The lowest BCUT2D eigenvalue weighted by molar-refractivity contribution is 0.101. The molecule has 0 saturated heterocycles. The monoisotopic (exact) mass is 428 g/mol. The van der Waals surface area contributed by atoms with Gasteiger partial charge in [0.15, 0.2) is 0 Å². The van der Waals surface area contributed by atoms with Crippen molar-refractivity contribution in [3.8, 4) is 11.1 Å². The molecule has 0 unspecified atom stereocenters. The van der Waals surface area contributed by atoms with Gasteiger partial charge in [-0.25, -0.2) is 9.59 Å².